The molecule has 1 unspecified atom stereocenters. The average Bonchev–Trinajstić information content (AvgIpc) is 2.67. The van der Waals surface area contributed by atoms with Crippen molar-refractivity contribution in [3.63, 3.8) is 0 Å². The second-order valence-electron chi connectivity index (χ2n) is 4.62. The summed E-state index contributed by atoms with van der Waals surface area (Å²) in [6, 6.07) is 2.67. The van der Waals surface area contributed by atoms with Crippen LogP contribution in [0.5, 0.6) is 0 Å². The van der Waals surface area contributed by atoms with Crippen LogP contribution in [0.4, 0.5) is 0 Å². The molecule has 2 rings (SSSR count). The van der Waals surface area contributed by atoms with Gasteiger partial charge in [0.2, 0.25) is 10.0 Å². The van der Waals surface area contributed by atoms with Gasteiger partial charge in [0.25, 0.3) is 0 Å². The molecule has 1 saturated heterocycles. The fourth-order valence-corrected chi connectivity index (χ4v) is 3.02. The Bertz CT molecular complexity index is 562. The summed E-state index contributed by atoms with van der Waals surface area (Å²) in [5.74, 6) is -0.671. The molecule has 1 atom stereocenters. The lowest BCUT2D eigenvalue weighted by molar-refractivity contribution is -0.137. The highest BCUT2D eigenvalue weighted by Gasteiger charge is 2.33. The molecule has 19 heavy (non-hydrogen) atoms. The van der Waals surface area contributed by atoms with Crippen molar-refractivity contribution in [2.75, 3.05) is 13.2 Å². The third-order valence-electron chi connectivity index (χ3n) is 2.58. The molecule has 1 aliphatic heterocycles. The molecular weight excluding hydrogens is 292 g/mol. The maximum Gasteiger partial charge on any atom is 0.240 e. The normalized spacial score (nSPS) is 22.6. The van der Waals surface area contributed by atoms with Gasteiger partial charge in [0.15, 0.2) is 5.79 Å². The zero-order chi connectivity index (χ0) is 14.1. The van der Waals surface area contributed by atoms with Crippen LogP contribution in [-0.2, 0) is 19.5 Å². The van der Waals surface area contributed by atoms with Gasteiger partial charge < -0.3 is 9.47 Å². The third-order valence-corrected chi connectivity index (χ3v) is 4.20. The van der Waals surface area contributed by atoms with E-state index in [-0.39, 0.29) is 22.7 Å². The zero-order valence-electron chi connectivity index (χ0n) is 10.6. The summed E-state index contributed by atoms with van der Waals surface area (Å²) in [5, 5.41) is 0.129. The first-order valence-corrected chi connectivity index (χ1v) is 7.58. The van der Waals surface area contributed by atoms with E-state index in [0.29, 0.717) is 6.61 Å². The molecule has 0 amide bonds. The number of nitrogens with one attached hydrogen (secondary N) is 1. The summed E-state index contributed by atoms with van der Waals surface area (Å²) in [4.78, 5) is 3.81. The molecule has 2 heterocycles. The van der Waals surface area contributed by atoms with Crippen molar-refractivity contribution in [3.8, 4) is 0 Å². The van der Waals surface area contributed by atoms with Gasteiger partial charge in [-0.3, -0.25) is 0 Å². The highest BCUT2D eigenvalue weighted by molar-refractivity contribution is 7.89. The second kappa shape index (κ2) is 5.34. The van der Waals surface area contributed by atoms with Crippen LogP contribution in [0, 0.1) is 0 Å². The van der Waals surface area contributed by atoms with Crippen LogP contribution in [-0.4, -0.2) is 38.4 Å². The van der Waals surface area contributed by atoms with Crippen LogP contribution in [0.25, 0.3) is 0 Å². The van der Waals surface area contributed by atoms with Crippen molar-refractivity contribution in [1.29, 1.82) is 0 Å². The molecule has 0 aliphatic carbocycles. The molecule has 0 radical (unpaired) electrons. The Labute approximate surface area is 117 Å². The summed E-state index contributed by atoms with van der Waals surface area (Å²) in [5.41, 5.74) is 0. The number of aromatic nitrogens is 1. The van der Waals surface area contributed by atoms with Gasteiger partial charge in [-0.05, 0) is 26.0 Å². The summed E-state index contributed by atoms with van der Waals surface area (Å²) in [6.45, 7) is 4.06. The average molecular weight is 307 g/mol. The number of pyridine rings is 1. The number of nitrogens with zero attached hydrogens (tertiary/aromatic N) is 1. The first-order valence-electron chi connectivity index (χ1n) is 5.71. The molecule has 8 heteroatoms. The van der Waals surface area contributed by atoms with E-state index in [0.717, 1.165) is 0 Å². The van der Waals surface area contributed by atoms with E-state index >= 15 is 0 Å². The van der Waals surface area contributed by atoms with Gasteiger partial charge in [-0.2, -0.15) is 0 Å². The van der Waals surface area contributed by atoms with Crippen molar-refractivity contribution in [2.45, 2.75) is 30.6 Å². The summed E-state index contributed by atoms with van der Waals surface area (Å²) < 4.78 is 37.4. The molecule has 0 spiro atoms. The minimum absolute atomic E-state index is 0.0747. The number of halogens is 1. The third kappa shape index (κ3) is 3.87. The fraction of sp³-hybridized carbons (Fsp3) is 0.545. The monoisotopic (exact) mass is 306 g/mol. The highest BCUT2D eigenvalue weighted by atomic mass is 35.5. The van der Waals surface area contributed by atoms with Crippen molar-refractivity contribution in [1.82, 2.24) is 9.71 Å². The molecule has 0 bridgehead atoms. The topological polar surface area (TPSA) is 77.5 Å². The summed E-state index contributed by atoms with van der Waals surface area (Å²) in [7, 11) is -3.62. The Balaban J connectivity index is 1.99. The minimum atomic E-state index is -3.62. The highest BCUT2D eigenvalue weighted by Crippen LogP contribution is 2.22. The van der Waals surface area contributed by atoms with E-state index in [1.54, 1.807) is 13.8 Å². The summed E-state index contributed by atoms with van der Waals surface area (Å²) >= 11 is 5.67. The van der Waals surface area contributed by atoms with Crippen LogP contribution < -0.4 is 4.72 Å². The molecule has 1 aromatic rings. The Hall–Kier alpha value is -0.730. The Morgan fingerprint density at radius 2 is 2.32 bits per heavy atom. The van der Waals surface area contributed by atoms with E-state index in [2.05, 4.69) is 9.71 Å². The van der Waals surface area contributed by atoms with Crippen molar-refractivity contribution < 1.29 is 17.9 Å². The van der Waals surface area contributed by atoms with Gasteiger partial charge in [0.05, 0.1) is 17.6 Å². The standard InChI is InChI=1S/C11H15ClN2O4S/c1-11(2)17-7-8(18-11)6-14-19(15,16)9-3-4-13-10(12)5-9/h3-5,8,14H,6-7H2,1-2H3. The number of sulfonamides is 1. The number of ether oxygens (including phenoxy) is 2. The molecule has 1 aromatic heterocycles. The molecule has 0 saturated carbocycles. The van der Waals surface area contributed by atoms with Gasteiger partial charge in [0.1, 0.15) is 5.15 Å². The van der Waals surface area contributed by atoms with Crippen molar-refractivity contribution in [2.24, 2.45) is 0 Å². The SMILES string of the molecule is CC1(C)OCC(CNS(=O)(=O)c2ccnc(Cl)c2)O1. The first kappa shape index (κ1) is 14.7. The minimum Gasteiger partial charge on any atom is -0.348 e. The van der Waals surface area contributed by atoms with Gasteiger partial charge in [-0.15, -0.1) is 0 Å². The maximum absolute atomic E-state index is 12.0. The lowest BCUT2D eigenvalue weighted by Gasteiger charge is -2.17. The van der Waals surface area contributed by atoms with Crippen LogP contribution in [0.2, 0.25) is 5.15 Å². The molecule has 1 N–H and O–H groups in total. The van der Waals surface area contributed by atoms with Crippen LogP contribution in [0.3, 0.4) is 0 Å². The van der Waals surface area contributed by atoms with Gasteiger partial charge in [0, 0.05) is 12.7 Å². The van der Waals surface area contributed by atoms with E-state index in [1.165, 1.54) is 18.3 Å². The Morgan fingerprint density at radius 1 is 1.58 bits per heavy atom. The summed E-state index contributed by atoms with van der Waals surface area (Å²) in [6.07, 6.45) is 1.04. The smallest absolute Gasteiger partial charge is 0.240 e. The van der Waals surface area contributed by atoms with E-state index < -0.39 is 15.8 Å². The zero-order valence-corrected chi connectivity index (χ0v) is 12.2. The van der Waals surface area contributed by atoms with Crippen LogP contribution in [0.15, 0.2) is 23.2 Å². The van der Waals surface area contributed by atoms with E-state index in [9.17, 15) is 8.42 Å². The fourth-order valence-electron chi connectivity index (χ4n) is 1.70. The van der Waals surface area contributed by atoms with E-state index in [4.69, 9.17) is 21.1 Å². The molecule has 1 fully saturated rings. The predicted molar refractivity (Wildman–Crippen MR) is 69.3 cm³/mol. The second-order valence-corrected chi connectivity index (χ2v) is 6.77. The van der Waals surface area contributed by atoms with Crippen molar-refractivity contribution >= 4 is 21.6 Å². The van der Waals surface area contributed by atoms with Crippen LogP contribution >= 0.6 is 11.6 Å². The van der Waals surface area contributed by atoms with E-state index in [1.807, 2.05) is 0 Å². The van der Waals surface area contributed by atoms with Gasteiger partial charge in [-0.1, -0.05) is 11.6 Å². The molecule has 1 aliphatic rings. The predicted octanol–water partition coefficient (Wildman–Crippen LogP) is 1.16. The Kier molecular flexibility index (Phi) is 4.12. The quantitative estimate of drug-likeness (QED) is 0.845. The molecule has 106 valence electrons. The number of hydrogen-bond acceptors (Lipinski definition) is 5. The number of rotatable bonds is 4. The molecule has 6 nitrogen and oxygen atoms in total. The molecule has 0 aromatic carbocycles. The van der Waals surface area contributed by atoms with Gasteiger partial charge in [-0.25, -0.2) is 18.1 Å². The molecular formula is C11H15ClN2O4S. The number of hydrogen-bond donors (Lipinski definition) is 1. The largest absolute Gasteiger partial charge is 0.348 e. The van der Waals surface area contributed by atoms with Crippen molar-refractivity contribution in [3.05, 3.63) is 23.5 Å². The first-order chi connectivity index (χ1) is 8.78. The lowest BCUT2D eigenvalue weighted by Crippen LogP contribution is -2.34. The Morgan fingerprint density at radius 3 is 2.89 bits per heavy atom. The van der Waals surface area contributed by atoms with Gasteiger partial charge >= 0.3 is 0 Å². The van der Waals surface area contributed by atoms with Crippen LogP contribution in [0.1, 0.15) is 13.8 Å². The lowest BCUT2D eigenvalue weighted by atomic mass is 10.4. The maximum atomic E-state index is 12.0.